The topological polar surface area (TPSA) is 72.3 Å². The molecule has 0 saturated carbocycles. The van der Waals surface area contributed by atoms with E-state index in [2.05, 4.69) is 25.8 Å². The minimum Gasteiger partial charge on any atom is -0.376 e. The first kappa shape index (κ1) is 20.0. The summed E-state index contributed by atoms with van der Waals surface area (Å²) in [5.74, 6) is -1.40. The van der Waals surface area contributed by atoms with E-state index in [-0.39, 0.29) is 22.6 Å². The van der Waals surface area contributed by atoms with Crippen molar-refractivity contribution in [3.05, 3.63) is 52.4 Å². The number of carbonyl (C=O) groups excluding carboxylic acids is 1. The molecule has 0 radical (unpaired) electrons. The number of nitriles is 1. The average molecular weight is 384 g/mol. The van der Waals surface area contributed by atoms with Gasteiger partial charge < -0.3 is 4.74 Å². The molecule has 2 aromatic rings. The normalized spacial score (nSPS) is 17.7. The maximum atomic E-state index is 14.1. The number of carbonyl (C=O) groups is 1. The Hall–Kier alpha value is -2.72. The summed E-state index contributed by atoms with van der Waals surface area (Å²) in [4.78, 5) is 16.9. The van der Waals surface area contributed by atoms with Crippen molar-refractivity contribution in [2.45, 2.75) is 51.7 Å². The number of amides is 1. The van der Waals surface area contributed by atoms with E-state index in [4.69, 9.17) is 10.00 Å². The van der Waals surface area contributed by atoms with E-state index in [0.29, 0.717) is 12.0 Å². The Balaban J connectivity index is 2.09. The molecule has 1 aliphatic rings. The molecule has 1 aromatic carbocycles. The van der Waals surface area contributed by atoms with Crippen LogP contribution in [-0.2, 0) is 23.7 Å². The molecule has 0 spiro atoms. The SMILES string of the molecule is Cn1c(C(C)(C)C)c/c(=N\C(=O)c2cc(C#N)ccc2F)n1C[C@H]1CCCO1. The largest absolute Gasteiger partial charge is 0.376 e. The summed E-state index contributed by atoms with van der Waals surface area (Å²) in [7, 11) is 1.93. The molecular weight excluding hydrogens is 359 g/mol. The Morgan fingerprint density at radius 2 is 2.14 bits per heavy atom. The highest BCUT2D eigenvalue weighted by Crippen LogP contribution is 2.21. The summed E-state index contributed by atoms with van der Waals surface area (Å²) < 4.78 is 23.8. The number of nitrogens with zero attached hydrogens (tertiary/aromatic N) is 4. The molecule has 6 nitrogen and oxygen atoms in total. The third-order valence-corrected chi connectivity index (χ3v) is 4.95. The van der Waals surface area contributed by atoms with Crippen molar-refractivity contribution in [1.82, 2.24) is 9.36 Å². The van der Waals surface area contributed by atoms with E-state index in [1.54, 1.807) is 0 Å². The fourth-order valence-electron chi connectivity index (χ4n) is 3.49. The highest BCUT2D eigenvalue weighted by Gasteiger charge is 2.24. The first-order chi connectivity index (χ1) is 13.2. The van der Waals surface area contributed by atoms with Gasteiger partial charge in [0.05, 0.1) is 29.8 Å². The molecule has 148 valence electrons. The molecule has 1 fully saturated rings. The maximum absolute atomic E-state index is 14.1. The molecule has 1 amide bonds. The summed E-state index contributed by atoms with van der Waals surface area (Å²) in [5, 5.41) is 9.02. The quantitative estimate of drug-likeness (QED) is 0.816. The second-order valence-corrected chi connectivity index (χ2v) is 8.10. The van der Waals surface area contributed by atoms with Crippen molar-refractivity contribution in [2.24, 2.45) is 12.0 Å². The lowest BCUT2D eigenvalue weighted by Gasteiger charge is -2.21. The Morgan fingerprint density at radius 3 is 2.75 bits per heavy atom. The summed E-state index contributed by atoms with van der Waals surface area (Å²) in [6.45, 7) is 7.56. The molecule has 2 heterocycles. The number of benzene rings is 1. The van der Waals surface area contributed by atoms with Crippen molar-refractivity contribution in [2.75, 3.05) is 6.61 Å². The van der Waals surface area contributed by atoms with Crippen LogP contribution in [0.4, 0.5) is 4.39 Å². The van der Waals surface area contributed by atoms with E-state index in [1.165, 1.54) is 12.1 Å². The second-order valence-electron chi connectivity index (χ2n) is 8.10. The molecule has 0 N–H and O–H groups in total. The number of halogens is 1. The van der Waals surface area contributed by atoms with Gasteiger partial charge in [0.25, 0.3) is 5.91 Å². The lowest BCUT2D eigenvalue weighted by molar-refractivity contribution is 0.0885. The molecule has 0 unspecified atom stereocenters. The number of rotatable bonds is 3. The molecule has 1 aliphatic heterocycles. The minimum absolute atomic E-state index is 0.0640. The summed E-state index contributed by atoms with van der Waals surface area (Å²) in [6, 6.07) is 7.47. The van der Waals surface area contributed by atoms with E-state index < -0.39 is 11.7 Å². The van der Waals surface area contributed by atoms with Crippen LogP contribution >= 0.6 is 0 Å². The lowest BCUT2D eigenvalue weighted by atomic mass is 9.92. The van der Waals surface area contributed by atoms with E-state index in [9.17, 15) is 9.18 Å². The molecule has 7 heteroatoms. The van der Waals surface area contributed by atoms with Crippen molar-refractivity contribution in [1.29, 1.82) is 5.26 Å². The van der Waals surface area contributed by atoms with Crippen molar-refractivity contribution < 1.29 is 13.9 Å². The van der Waals surface area contributed by atoms with Crippen LogP contribution in [0.15, 0.2) is 29.3 Å². The van der Waals surface area contributed by atoms with Crippen LogP contribution < -0.4 is 5.49 Å². The zero-order valence-corrected chi connectivity index (χ0v) is 16.7. The van der Waals surface area contributed by atoms with Crippen LogP contribution in [-0.4, -0.2) is 28.0 Å². The third kappa shape index (κ3) is 4.07. The zero-order valence-electron chi connectivity index (χ0n) is 16.7. The molecule has 1 saturated heterocycles. The number of aromatic nitrogens is 2. The molecular formula is C21H25FN4O2. The maximum Gasteiger partial charge on any atom is 0.282 e. The van der Waals surface area contributed by atoms with Crippen molar-refractivity contribution >= 4 is 5.91 Å². The monoisotopic (exact) mass is 384 g/mol. The van der Waals surface area contributed by atoms with Gasteiger partial charge in [0.15, 0.2) is 5.49 Å². The molecule has 3 rings (SSSR count). The Bertz CT molecular complexity index is 999. The standard InChI is InChI=1S/C21H25FN4O2/c1-21(2,3)18-11-19(26(25(18)4)13-15-6-5-9-28-15)24-20(27)16-10-14(12-23)7-8-17(16)22/h7-8,10-11,15H,5-6,9,13H2,1-4H3/b24-19+/t15-/m1/s1. The van der Waals surface area contributed by atoms with Crippen molar-refractivity contribution in [3.8, 4) is 6.07 Å². The fourth-order valence-corrected chi connectivity index (χ4v) is 3.49. The summed E-state index contributed by atoms with van der Waals surface area (Å²) in [5.41, 5.74) is 1.31. The van der Waals surface area contributed by atoms with Crippen LogP contribution in [0.3, 0.4) is 0 Å². The molecule has 0 aliphatic carbocycles. The Morgan fingerprint density at radius 1 is 1.39 bits per heavy atom. The van der Waals surface area contributed by atoms with E-state index in [1.807, 2.05) is 28.5 Å². The first-order valence-electron chi connectivity index (χ1n) is 9.38. The van der Waals surface area contributed by atoms with Crippen LogP contribution in [0.2, 0.25) is 0 Å². The highest BCUT2D eigenvalue weighted by atomic mass is 19.1. The fraction of sp³-hybridized carbons (Fsp3) is 0.476. The molecule has 0 bridgehead atoms. The summed E-state index contributed by atoms with van der Waals surface area (Å²) >= 11 is 0. The molecule has 1 aromatic heterocycles. The zero-order chi connectivity index (χ0) is 20.5. The predicted octanol–water partition coefficient (Wildman–Crippen LogP) is 3.05. The average Bonchev–Trinajstić information content (AvgIpc) is 3.25. The third-order valence-electron chi connectivity index (χ3n) is 4.95. The molecule has 1 atom stereocenters. The number of hydrogen-bond acceptors (Lipinski definition) is 3. The van der Waals surface area contributed by atoms with E-state index >= 15 is 0 Å². The predicted molar refractivity (Wildman–Crippen MR) is 102 cm³/mol. The van der Waals surface area contributed by atoms with Crippen LogP contribution in [0.5, 0.6) is 0 Å². The van der Waals surface area contributed by atoms with Crippen LogP contribution in [0, 0.1) is 17.1 Å². The van der Waals surface area contributed by atoms with Gasteiger partial charge in [0.2, 0.25) is 0 Å². The smallest absolute Gasteiger partial charge is 0.282 e. The van der Waals surface area contributed by atoms with Gasteiger partial charge in [0, 0.05) is 30.8 Å². The van der Waals surface area contributed by atoms with Gasteiger partial charge in [-0.3, -0.25) is 14.2 Å². The van der Waals surface area contributed by atoms with Gasteiger partial charge in [0.1, 0.15) is 5.82 Å². The Kier molecular flexibility index (Phi) is 5.52. The number of ether oxygens (including phenoxy) is 1. The van der Waals surface area contributed by atoms with Crippen LogP contribution in [0.25, 0.3) is 0 Å². The van der Waals surface area contributed by atoms with Gasteiger partial charge in [-0.1, -0.05) is 20.8 Å². The van der Waals surface area contributed by atoms with Gasteiger partial charge in [-0.05, 0) is 31.0 Å². The Labute approximate surface area is 163 Å². The van der Waals surface area contributed by atoms with E-state index in [0.717, 1.165) is 31.2 Å². The lowest BCUT2D eigenvalue weighted by Crippen LogP contribution is -2.30. The van der Waals surface area contributed by atoms with Gasteiger partial charge in [-0.25, -0.2) is 4.39 Å². The van der Waals surface area contributed by atoms with Gasteiger partial charge in [-0.15, -0.1) is 0 Å². The number of hydrogen-bond donors (Lipinski definition) is 0. The first-order valence-corrected chi connectivity index (χ1v) is 9.38. The van der Waals surface area contributed by atoms with Gasteiger partial charge >= 0.3 is 0 Å². The van der Waals surface area contributed by atoms with Gasteiger partial charge in [-0.2, -0.15) is 10.3 Å². The van der Waals surface area contributed by atoms with Crippen molar-refractivity contribution in [3.63, 3.8) is 0 Å². The minimum atomic E-state index is -0.707. The second kappa shape index (κ2) is 7.72. The highest BCUT2D eigenvalue weighted by molar-refractivity contribution is 5.95. The molecule has 28 heavy (non-hydrogen) atoms. The van der Waals surface area contributed by atoms with Crippen LogP contribution in [0.1, 0.15) is 55.2 Å². The summed E-state index contributed by atoms with van der Waals surface area (Å²) in [6.07, 6.45) is 2.03.